The van der Waals surface area contributed by atoms with E-state index in [0.29, 0.717) is 33.5 Å². The van der Waals surface area contributed by atoms with Crippen LogP contribution in [-0.2, 0) is 18.0 Å². The molecule has 1 aromatic carbocycles. The van der Waals surface area contributed by atoms with Gasteiger partial charge in [-0.1, -0.05) is 17.7 Å². The summed E-state index contributed by atoms with van der Waals surface area (Å²) >= 11 is 6.05. The Morgan fingerprint density at radius 2 is 2.00 bits per heavy atom. The van der Waals surface area contributed by atoms with Crippen LogP contribution in [0.5, 0.6) is 0 Å². The molecule has 166 valence electrons. The van der Waals surface area contributed by atoms with E-state index in [9.17, 15) is 13.6 Å². The summed E-state index contributed by atoms with van der Waals surface area (Å²) in [5.74, 6) is -0.157. The second-order valence-corrected chi connectivity index (χ2v) is 8.33. The first-order valence-electron chi connectivity index (χ1n) is 9.88. The Balaban J connectivity index is 1.57. The fraction of sp³-hybridized carbons (Fsp3) is 0.273. The molecule has 1 amide bonds. The summed E-state index contributed by atoms with van der Waals surface area (Å²) in [7, 11) is 1.58. The lowest BCUT2D eigenvalue weighted by Crippen LogP contribution is -2.33. The highest BCUT2D eigenvalue weighted by atomic mass is 35.5. The zero-order valence-electron chi connectivity index (χ0n) is 17.7. The standard InChI is InChI=1S/C22H21ClF2N6O/c1-22(2)20(29-30(3)21(22)32)18-9-14(10-24)31(28-18)19-8-7-13(11-27-19)26-12-15-16(23)5-4-6-17(15)25/h4-9,11,26H,10,12H2,1-3H3. The van der Waals surface area contributed by atoms with Crippen molar-refractivity contribution in [2.24, 2.45) is 10.5 Å². The van der Waals surface area contributed by atoms with Gasteiger partial charge in [0.1, 0.15) is 23.9 Å². The lowest BCUT2D eigenvalue weighted by atomic mass is 9.85. The van der Waals surface area contributed by atoms with Crippen LogP contribution in [0.1, 0.15) is 30.8 Å². The molecule has 2 aromatic heterocycles. The first kappa shape index (κ1) is 21.9. The predicted molar refractivity (Wildman–Crippen MR) is 118 cm³/mol. The van der Waals surface area contributed by atoms with Crippen molar-refractivity contribution in [2.75, 3.05) is 12.4 Å². The van der Waals surface area contributed by atoms with E-state index in [0.717, 1.165) is 0 Å². The summed E-state index contributed by atoms with van der Waals surface area (Å²) in [6, 6.07) is 9.48. The van der Waals surface area contributed by atoms with Gasteiger partial charge in [0, 0.05) is 24.2 Å². The van der Waals surface area contributed by atoms with E-state index in [1.54, 1.807) is 57.4 Å². The number of pyridine rings is 1. The Morgan fingerprint density at radius 3 is 2.59 bits per heavy atom. The molecule has 0 aliphatic carbocycles. The number of amides is 1. The molecule has 0 atom stereocenters. The van der Waals surface area contributed by atoms with Crippen LogP contribution in [0, 0.1) is 11.2 Å². The van der Waals surface area contributed by atoms with Gasteiger partial charge in [0.2, 0.25) is 0 Å². The zero-order chi connectivity index (χ0) is 23.0. The third-order valence-electron chi connectivity index (χ3n) is 5.33. The fourth-order valence-electron chi connectivity index (χ4n) is 3.53. The Morgan fingerprint density at radius 1 is 1.22 bits per heavy atom. The third-order valence-corrected chi connectivity index (χ3v) is 5.68. The topological polar surface area (TPSA) is 75.4 Å². The Labute approximate surface area is 188 Å². The molecule has 4 rings (SSSR count). The molecule has 10 heteroatoms. The number of aromatic nitrogens is 3. The highest BCUT2D eigenvalue weighted by Gasteiger charge is 2.43. The summed E-state index contributed by atoms with van der Waals surface area (Å²) in [5, 5.41) is 13.4. The fourth-order valence-corrected chi connectivity index (χ4v) is 3.76. The molecule has 0 fully saturated rings. The van der Waals surface area contributed by atoms with Crippen molar-refractivity contribution in [3.63, 3.8) is 0 Å². The lowest BCUT2D eigenvalue weighted by molar-refractivity contribution is -0.133. The molecule has 0 unspecified atom stereocenters. The number of halogens is 3. The first-order chi connectivity index (χ1) is 15.2. The van der Waals surface area contributed by atoms with E-state index < -0.39 is 17.9 Å². The highest BCUT2D eigenvalue weighted by Crippen LogP contribution is 2.31. The number of anilines is 1. The summed E-state index contributed by atoms with van der Waals surface area (Å²) in [6.07, 6.45) is 1.54. The molecule has 1 N–H and O–H groups in total. The minimum Gasteiger partial charge on any atom is -0.380 e. The summed E-state index contributed by atoms with van der Waals surface area (Å²) in [6.45, 7) is 2.93. The third kappa shape index (κ3) is 3.84. The molecule has 3 heterocycles. The number of hydrazone groups is 1. The average molecular weight is 459 g/mol. The predicted octanol–water partition coefficient (Wildman–Crippen LogP) is 4.34. The van der Waals surface area contributed by atoms with Gasteiger partial charge in [-0.05, 0) is 44.2 Å². The van der Waals surface area contributed by atoms with Crippen LogP contribution in [0.3, 0.4) is 0 Å². The van der Waals surface area contributed by atoms with E-state index in [1.807, 2.05) is 0 Å². The zero-order valence-corrected chi connectivity index (χ0v) is 18.5. The van der Waals surface area contributed by atoms with Gasteiger partial charge in [-0.2, -0.15) is 10.2 Å². The van der Waals surface area contributed by atoms with E-state index in [4.69, 9.17) is 11.6 Å². The number of nitrogens with one attached hydrogen (secondary N) is 1. The molecular formula is C22H21ClF2N6O. The lowest BCUT2D eigenvalue weighted by Gasteiger charge is -2.16. The van der Waals surface area contributed by atoms with Crippen LogP contribution in [0.15, 0.2) is 47.7 Å². The number of alkyl halides is 1. The molecule has 0 bridgehead atoms. The normalized spacial score (nSPS) is 15.2. The molecule has 0 radical (unpaired) electrons. The van der Waals surface area contributed by atoms with Gasteiger partial charge < -0.3 is 5.32 Å². The second kappa shape index (κ2) is 8.31. The molecule has 1 aliphatic rings. The highest BCUT2D eigenvalue weighted by molar-refractivity contribution is 6.31. The number of nitrogens with zero attached hydrogens (tertiary/aromatic N) is 5. The van der Waals surface area contributed by atoms with Gasteiger partial charge in [-0.15, -0.1) is 0 Å². The van der Waals surface area contributed by atoms with Crippen molar-refractivity contribution in [1.29, 1.82) is 0 Å². The molecule has 0 saturated heterocycles. The number of carbonyl (C=O) groups is 1. The largest absolute Gasteiger partial charge is 0.380 e. The smallest absolute Gasteiger partial charge is 0.254 e. The monoisotopic (exact) mass is 458 g/mol. The molecule has 1 aliphatic heterocycles. The Bertz CT molecular complexity index is 1190. The summed E-state index contributed by atoms with van der Waals surface area (Å²) < 4.78 is 29.0. The van der Waals surface area contributed by atoms with E-state index in [1.165, 1.54) is 15.8 Å². The van der Waals surface area contributed by atoms with Gasteiger partial charge >= 0.3 is 0 Å². The molecule has 0 spiro atoms. The van der Waals surface area contributed by atoms with Gasteiger partial charge in [-0.25, -0.2) is 23.5 Å². The van der Waals surface area contributed by atoms with Crippen molar-refractivity contribution in [1.82, 2.24) is 19.8 Å². The average Bonchev–Trinajstić information content (AvgIpc) is 3.28. The molecular weight excluding hydrogens is 438 g/mol. The van der Waals surface area contributed by atoms with Crippen LogP contribution < -0.4 is 5.32 Å². The SMILES string of the molecule is CN1N=C(c2cc(CF)n(-c3ccc(NCc4c(F)cccc4Cl)cn3)n2)C(C)(C)C1=O. The molecule has 32 heavy (non-hydrogen) atoms. The van der Waals surface area contributed by atoms with E-state index in [2.05, 4.69) is 20.5 Å². The van der Waals surface area contributed by atoms with Crippen LogP contribution in [0.4, 0.5) is 14.5 Å². The van der Waals surface area contributed by atoms with Crippen molar-refractivity contribution in [2.45, 2.75) is 27.1 Å². The van der Waals surface area contributed by atoms with Crippen molar-refractivity contribution in [3.05, 3.63) is 70.4 Å². The van der Waals surface area contributed by atoms with Crippen molar-refractivity contribution < 1.29 is 13.6 Å². The van der Waals surface area contributed by atoms with Crippen molar-refractivity contribution in [3.8, 4) is 5.82 Å². The van der Waals surface area contributed by atoms with Gasteiger partial charge in [0.05, 0.1) is 23.0 Å². The molecule has 0 saturated carbocycles. The van der Waals surface area contributed by atoms with E-state index in [-0.39, 0.29) is 18.1 Å². The number of hydrogen-bond donors (Lipinski definition) is 1. The number of benzene rings is 1. The van der Waals surface area contributed by atoms with Gasteiger partial charge in [0.25, 0.3) is 5.91 Å². The van der Waals surface area contributed by atoms with Crippen LogP contribution >= 0.6 is 11.6 Å². The van der Waals surface area contributed by atoms with Crippen LogP contribution in [0.2, 0.25) is 5.02 Å². The Kier molecular flexibility index (Phi) is 5.68. The molecule has 7 nitrogen and oxygen atoms in total. The Hall–Kier alpha value is -3.33. The van der Waals surface area contributed by atoms with Crippen LogP contribution in [0.25, 0.3) is 5.82 Å². The summed E-state index contributed by atoms with van der Waals surface area (Å²) in [4.78, 5) is 16.7. The quantitative estimate of drug-likeness (QED) is 0.596. The van der Waals surface area contributed by atoms with E-state index >= 15 is 0 Å². The minimum absolute atomic E-state index is 0.160. The number of hydrogen-bond acceptors (Lipinski definition) is 5. The maximum Gasteiger partial charge on any atom is 0.254 e. The second-order valence-electron chi connectivity index (χ2n) is 7.93. The van der Waals surface area contributed by atoms with Gasteiger partial charge in [-0.3, -0.25) is 4.79 Å². The maximum atomic E-state index is 13.9. The van der Waals surface area contributed by atoms with Crippen LogP contribution in [-0.4, -0.2) is 38.4 Å². The number of rotatable bonds is 6. The van der Waals surface area contributed by atoms with Crippen molar-refractivity contribution >= 4 is 28.9 Å². The van der Waals surface area contributed by atoms with Gasteiger partial charge in [0.15, 0.2) is 5.82 Å². The number of carbonyl (C=O) groups excluding carboxylic acids is 1. The first-order valence-corrected chi connectivity index (χ1v) is 10.3. The maximum absolute atomic E-state index is 13.9. The summed E-state index contributed by atoms with van der Waals surface area (Å²) in [5.41, 5.74) is 1.30. The molecule has 3 aromatic rings. The minimum atomic E-state index is -0.864.